The highest BCUT2D eigenvalue weighted by atomic mass is 32.2. The molecule has 2 aromatic rings. The highest BCUT2D eigenvalue weighted by Crippen LogP contribution is 2.31. The van der Waals surface area contributed by atoms with Crippen LogP contribution in [-0.2, 0) is 4.79 Å². The zero-order valence-electron chi connectivity index (χ0n) is 11.7. The minimum Gasteiger partial charge on any atom is -0.267 e. The molecule has 1 fully saturated rings. The minimum absolute atomic E-state index is 0.276. The van der Waals surface area contributed by atoms with Gasteiger partial charge in [0, 0.05) is 30.4 Å². The first kappa shape index (κ1) is 15.3. The molecular formula is C15H10N4O2S2. The molecule has 8 heteroatoms. The molecule has 0 atom stereocenters. The summed E-state index contributed by atoms with van der Waals surface area (Å²) in [5.74, 6) is -0.784. The van der Waals surface area contributed by atoms with E-state index < -0.39 is 5.91 Å². The summed E-state index contributed by atoms with van der Waals surface area (Å²) in [6.07, 6.45) is 7.99. The summed E-state index contributed by atoms with van der Waals surface area (Å²) in [4.78, 5) is 32.7. The lowest BCUT2D eigenvalue weighted by molar-refractivity contribution is -0.123. The number of carbonyl (C=O) groups excluding carboxylic acids is 2. The van der Waals surface area contributed by atoms with E-state index in [1.807, 2.05) is 0 Å². The maximum Gasteiger partial charge on any atom is 0.285 e. The lowest BCUT2D eigenvalue weighted by atomic mass is 10.2. The molecule has 1 N–H and O–H groups in total. The smallest absolute Gasteiger partial charge is 0.267 e. The molecule has 0 saturated carbocycles. The maximum absolute atomic E-state index is 12.4. The van der Waals surface area contributed by atoms with E-state index in [0.717, 1.165) is 22.3 Å². The maximum atomic E-state index is 12.4. The van der Waals surface area contributed by atoms with E-state index in [9.17, 15) is 9.59 Å². The van der Waals surface area contributed by atoms with Crippen LogP contribution in [0.1, 0.15) is 15.9 Å². The third-order valence-corrected chi connectivity index (χ3v) is 4.26. The topological polar surface area (TPSA) is 75.2 Å². The molecule has 0 radical (unpaired) electrons. The van der Waals surface area contributed by atoms with Gasteiger partial charge in [-0.2, -0.15) is 5.01 Å². The number of hydrazine groups is 1. The van der Waals surface area contributed by atoms with E-state index in [-0.39, 0.29) is 10.2 Å². The molecular weight excluding hydrogens is 332 g/mol. The van der Waals surface area contributed by atoms with Crippen LogP contribution in [-0.4, -0.2) is 31.1 Å². The fraction of sp³-hybridized carbons (Fsp3) is 0. The lowest BCUT2D eigenvalue weighted by Gasteiger charge is -2.15. The SMILES string of the molecule is O=C(NN1C(=O)C(=Cc2ccncc2)SC1=S)c1ccncc1. The predicted molar refractivity (Wildman–Crippen MR) is 91.0 cm³/mol. The second-order valence-electron chi connectivity index (χ2n) is 4.47. The fourth-order valence-electron chi connectivity index (χ4n) is 1.84. The molecule has 3 rings (SSSR count). The van der Waals surface area contributed by atoms with Gasteiger partial charge in [0.05, 0.1) is 4.91 Å². The quantitative estimate of drug-likeness (QED) is 0.679. The molecule has 1 aliphatic rings. The Morgan fingerprint density at radius 2 is 1.74 bits per heavy atom. The Labute approximate surface area is 141 Å². The Hall–Kier alpha value is -2.58. The number of thioether (sulfide) groups is 1. The van der Waals surface area contributed by atoms with Gasteiger partial charge in [0.2, 0.25) is 0 Å². The summed E-state index contributed by atoms with van der Waals surface area (Å²) in [5, 5.41) is 1.08. The number of pyridine rings is 2. The fourth-order valence-corrected chi connectivity index (χ4v) is 3.02. The summed E-state index contributed by atoms with van der Waals surface area (Å²) in [7, 11) is 0. The second kappa shape index (κ2) is 6.67. The minimum atomic E-state index is -0.422. The van der Waals surface area contributed by atoms with Crippen LogP contribution in [0.2, 0.25) is 0 Å². The highest BCUT2D eigenvalue weighted by molar-refractivity contribution is 8.26. The number of aromatic nitrogens is 2. The Bertz CT molecular complexity index is 794. The van der Waals surface area contributed by atoms with Gasteiger partial charge in [0.1, 0.15) is 0 Å². The van der Waals surface area contributed by atoms with Crippen LogP contribution in [0.3, 0.4) is 0 Å². The molecule has 3 heterocycles. The van der Waals surface area contributed by atoms with Crippen LogP contribution in [0.15, 0.2) is 54.0 Å². The third kappa shape index (κ3) is 3.43. The van der Waals surface area contributed by atoms with Crippen LogP contribution < -0.4 is 5.43 Å². The van der Waals surface area contributed by atoms with E-state index >= 15 is 0 Å². The number of carbonyl (C=O) groups is 2. The Morgan fingerprint density at radius 1 is 1.13 bits per heavy atom. The summed E-state index contributed by atoms with van der Waals surface area (Å²) in [5.41, 5.74) is 3.74. The van der Waals surface area contributed by atoms with E-state index in [1.165, 1.54) is 12.4 Å². The number of nitrogens with zero attached hydrogens (tertiary/aromatic N) is 3. The molecule has 0 bridgehead atoms. The van der Waals surface area contributed by atoms with Gasteiger partial charge in [0.15, 0.2) is 4.32 Å². The van der Waals surface area contributed by atoms with Gasteiger partial charge in [-0.05, 0) is 48.1 Å². The molecule has 114 valence electrons. The summed E-state index contributed by atoms with van der Waals surface area (Å²) in [6, 6.07) is 6.67. The number of amides is 2. The van der Waals surface area contributed by atoms with Crippen molar-refractivity contribution in [1.29, 1.82) is 0 Å². The Morgan fingerprint density at radius 3 is 2.39 bits per heavy atom. The van der Waals surface area contributed by atoms with Gasteiger partial charge in [-0.3, -0.25) is 25.0 Å². The largest absolute Gasteiger partial charge is 0.285 e. The number of rotatable bonds is 3. The zero-order valence-corrected chi connectivity index (χ0v) is 13.3. The molecule has 2 aromatic heterocycles. The number of thiocarbonyl (C=S) groups is 1. The first-order valence-corrected chi connectivity index (χ1v) is 7.76. The van der Waals surface area contributed by atoms with Crippen LogP contribution >= 0.6 is 24.0 Å². The van der Waals surface area contributed by atoms with Crippen LogP contribution in [0.5, 0.6) is 0 Å². The first-order valence-electron chi connectivity index (χ1n) is 6.54. The van der Waals surface area contributed by atoms with Gasteiger partial charge in [-0.25, -0.2) is 0 Å². The van der Waals surface area contributed by atoms with E-state index in [4.69, 9.17) is 12.2 Å². The number of hydrogen-bond acceptors (Lipinski definition) is 6. The van der Waals surface area contributed by atoms with E-state index in [1.54, 1.807) is 42.7 Å². The van der Waals surface area contributed by atoms with Crippen molar-refractivity contribution in [3.8, 4) is 0 Å². The second-order valence-corrected chi connectivity index (χ2v) is 6.15. The van der Waals surface area contributed by atoms with Crippen molar-refractivity contribution in [2.24, 2.45) is 0 Å². The van der Waals surface area contributed by atoms with Crippen LogP contribution in [0.4, 0.5) is 0 Å². The molecule has 0 unspecified atom stereocenters. The summed E-state index contributed by atoms with van der Waals surface area (Å²) in [6.45, 7) is 0. The first-order chi connectivity index (χ1) is 11.1. The van der Waals surface area contributed by atoms with Crippen molar-refractivity contribution in [1.82, 2.24) is 20.4 Å². The zero-order chi connectivity index (χ0) is 16.2. The normalized spacial score (nSPS) is 16.0. The molecule has 0 aromatic carbocycles. The number of hydrogen-bond donors (Lipinski definition) is 1. The molecule has 0 spiro atoms. The van der Waals surface area contributed by atoms with Crippen molar-refractivity contribution in [2.45, 2.75) is 0 Å². The van der Waals surface area contributed by atoms with Crippen molar-refractivity contribution in [2.75, 3.05) is 0 Å². The molecule has 6 nitrogen and oxygen atoms in total. The lowest BCUT2D eigenvalue weighted by Crippen LogP contribution is -2.44. The Kier molecular flexibility index (Phi) is 4.45. The molecule has 1 saturated heterocycles. The van der Waals surface area contributed by atoms with Crippen molar-refractivity contribution in [3.63, 3.8) is 0 Å². The van der Waals surface area contributed by atoms with E-state index in [0.29, 0.717) is 10.5 Å². The number of nitrogens with one attached hydrogen (secondary N) is 1. The van der Waals surface area contributed by atoms with E-state index in [2.05, 4.69) is 15.4 Å². The molecule has 23 heavy (non-hydrogen) atoms. The Balaban J connectivity index is 1.77. The predicted octanol–water partition coefficient (Wildman–Crippen LogP) is 2.02. The van der Waals surface area contributed by atoms with Crippen molar-refractivity contribution in [3.05, 3.63) is 65.1 Å². The summed E-state index contributed by atoms with van der Waals surface area (Å²) < 4.78 is 0.276. The van der Waals surface area contributed by atoms with Gasteiger partial charge in [-0.15, -0.1) is 0 Å². The van der Waals surface area contributed by atoms with Gasteiger partial charge >= 0.3 is 0 Å². The standard InChI is InChI=1S/C15H10N4O2S2/c20-13(11-3-7-17-8-4-11)18-19-14(21)12(23-15(19)22)9-10-1-5-16-6-2-10/h1-9H,(H,18,20). The van der Waals surface area contributed by atoms with Gasteiger partial charge in [0.25, 0.3) is 11.8 Å². The average Bonchev–Trinajstić information content (AvgIpc) is 2.84. The van der Waals surface area contributed by atoms with Gasteiger partial charge in [-0.1, -0.05) is 11.8 Å². The van der Waals surface area contributed by atoms with Crippen molar-refractivity contribution >= 4 is 46.2 Å². The highest BCUT2D eigenvalue weighted by Gasteiger charge is 2.33. The average molecular weight is 342 g/mol. The molecule has 1 aliphatic heterocycles. The molecule has 0 aliphatic carbocycles. The van der Waals surface area contributed by atoms with Crippen molar-refractivity contribution < 1.29 is 9.59 Å². The summed E-state index contributed by atoms with van der Waals surface area (Å²) >= 11 is 6.30. The van der Waals surface area contributed by atoms with Gasteiger partial charge < -0.3 is 0 Å². The third-order valence-electron chi connectivity index (χ3n) is 2.95. The van der Waals surface area contributed by atoms with Crippen LogP contribution in [0, 0.1) is 0 Å². The monoisotopic (exact) mass is 342 g/mol. The van der Waals surface area contributed by atoms with Crippen LogP contribution in [0.25, 0.3) is 6.08 Å². The molecule has 2 amide bonds.